The van der Waals surface area contributed by atoms with Crippen molar-refractivity contribution in [2.24, 2.45) is 5.92 Å². The summed E-state index contributed by atoms with van der Waals surface area (Å²) in [6.07, 6.45) is 4.05. The highest BCUT2D eigenvalue weighted by molar-refractivity contribution is 5.57. The van der Waals surface area contributed by atoms with Gasteiger partial charge in [0, 0.05) is 32.2 Å². The van der Waals surface area contributed by atoms with Crippen LogP contribution in [0.3, 0.4) is 0 Å². The Balaban J connectivity index is 2.03. The number of hydrogen-bond donors (Lipinski definition) is 1. The van der Waals surface area contributed by atoms with Gasteiger partial charge >= 0.3 is 0 Å². The van der Waals surface area contributed by atoms with Crippen LogP contribution in [0.5, 0.6) is 0 Å². The molecule has 2 heterocycles. The summed E-state index contributed by atoms with van der Waals surface area (Å²) < 4.78 is 0. The second-order valence-corrected chi connectivity index (χ2v) is 5.90. The van der Waals surface area contributed by atoms with E-state index >= 15 is 0 Å². The molecular weight excluding hydrogens is 250 g/mol. The van der Waals surface area contributed by atoms with Gasteiger partial charge in [-0.05, 0) is 39.3 Å². The molecule has 2 rings (SSSR count). The van der Waals surface area contributed by atoms with E-state index in [1.54, 1.807) is 6.33 Å². The van der Waals surface area contributed by atoms with E-state index in [1.807, 2.05) is 0 Å². The van der Waals surface area contributed by atoms with Crippen molar-refractivity contribution in [3.05, 3.63) is 11.9 Å². The number of anilines is 2. The van der Waals surface area contributed by atoms with E-state index in [4.69, 9.17) is 0 Å². The second kappa shape index (κ2) is 6.88. The molecule has 112 valence electrons. The predicted molar refractivity (Wildman–Crippen MR) is 84.4 cm³/mol. The van der Waals surface area contributed by atoms with Gasteiger partial charge in [0.2, 0.25) is 0 Å². The molecule has 1 N–H and O–H groups in total. The number of likely N-dealkylation sites (tertiary alicyclic amines) is 1. The first kappa shape index (κ1) is 15.0. The van der Waals surface area contributed by atoms with E-state index in [0.29, 0.717) is 0 Å². The molecule has 1 aromatic rings. The van der Waals surface area contributed by atoms with Gasteiger partial charge in [0.15, 0.2) is 0 Å². The lowest BCUT2D eigenvalue weighted by atomic mass is 10.1. The number of nitrogens with zero attached hydrogens (tertiary/aromatic N) is 4. The third kappa shape index (κ3) is 3.60. The van der Waals surface area contributed by atoms with Gasteiger partial charge in [0.1, 0.15) is 18.0 Å². The van der Waals surface area contributed by atoms with Gasteiger partial charge in [-0.2, -0.15) is 0 Å². The van der Waals surface area contributed by atoms with Crippen LogP contribution in [0.1, 0.15) is 25.3 Å². The molecule has 0 aliphatic carbocycles. The Morgan fingerprint density at radius 1 is 1.45 bits per heavy atom. The Bertz CT molecular complexity index is 434. The van der Waals surface area contributed by atoms with Crippen LogP contribution < -0.4 is 10.2 Å². The second-order valence-electron chi connectivity index (χ2n) is 5.90. The lowest BCUT2D eigenvalue weighted by molar-refractivity contribution is 0.395. The topological polar surface area (TPSA) is 44.3 Å². The minimum absolute atomic E-state index is 0.742. The molecule has 1 aliphatic heterocycles. The van der Waals surface area contributed by atoms with E-state index < -0.39 is 0 Å². The van der Waals surface area contributed by atoms with E-state index in [1.165, 1.54) is 19.5 Å². The fourth-order valence-corrected chi connectivity index (χ4v) is 2.90. The summed E-state index contributed by atoms with van der Waals surface area (Å²) in [5.74, 6) is 2.76. The van der Waals surface area contributed by atoms with E-state index in [0.717, 1.165) is 42.6 Å². The van der Waals surface area contributed by atoms with Crippen LogP contribution in [0.2, 0.25) is 0 Å². The zero-order chi connectivity index (χ0) is 14.5. The molecule has 20 heavy (non-hydrogen) atoms. The van der Waals surface area contributed by atoms with Crippen molar-refractivity contribution in [1.29, 1.82) is 0 Å². The fourth-order valence-electron chi connectivity index (χ4n) is 2.90. The number of aromatic nitrogens is 2. The molecule has 1 atom stereocenters. The standard InChI is InChI=1S/C15H27N5/c1-5-7-16-14-12(2)15(18-11-17-14)20(4)10-13-6-8-19(3)9-13/h11,13H,5-10H2,1-4H3,(H,16,17,18). The molecule has 1 aromatic heterocycles. The third-order valence-electron chi connectivity index (χ3n) is 3.98. The van der Waals surface area contributed by atoms with Crippen LogP contribution in [0.4, 0.5) is 11.6 Å². The molecule has 0 bridgehead atoms. The van der Waals surface area contributed by atoms with Crippen LogP contribution in [0.15, 0.2) is 6.33 Å². The van der Waals surface area contributed by atoms with Gasteiger partial charge in [-0.25, -0.2) is 9.97 Å². The smallest absolute Gasteiger partial charge is 0.136 e. The SMILES string of the molecule is CCCNc1ncnc(N(C)CC2CCN(C)C2)c1C. The van der Waals surface area contributed by atoms with Crippen LogP contribution >= 0.6 is 0 Å². The Morgan fingerprint density at radius 3 is 2.90 bits per heavy atom. The Labute approximate surface area is 122 Å². The molecule has 0 saturated carbocycles. The van der Waals surface area contributed by atoms with Gasteiger partial charge in [-0.15, -0.1) is 0 Å². The molecule has 1 saturated heterocycles. The maximum absolute atomic E-state index is 4.47. The molecule has 1 fully saturated rings. The quantitative estimate of drug-likeness (QED) is 0.861. The monoisotopic (exact) mass is 277 g/mol. The Morgan fingerprint density at radius 2 is 2.25 bits per heavy atom. The van der Waals surface area contributed by atoms with Crippen LogP contribution in [-0.4, -0.2) is 55.1 Å². The van der Waals surface area contributed by atoms with Gasteiger partial charge < -0.3 is 15.1 Å². The molecule has 0 spiro atoms. The summed E-state index contributed by atoms with van der Waals surface area (Å²) in [6, 6.07) is 0. The highest BCUT2D eigenvalue weighted by atomic mass is 15.2. The average Bonchev–Trinajstić information content (AvgIpc) is 2.83. The Hall–Kier alpha value is -1.36. The van der Waals surface area contributed by atoms with Crippen molar-refractivity contribution in [3.8, 4) is 0 Å². The first-order valence-electron chi connectivity index (χ1n) is 7.57. The minimum atomic E-state index is 0.742. The molecule has 5 heteroatoms. The highest BCUT2D eigenvalue weighted by Crippen LogP contribution is 2.23. The molecule has 1 aliphatic rings. The summed E-state index contributed by atoms with van der Waals surface area (Å²) in [7, 11) is 4.33. The van der Waals surface area contributed by atoms with Crippen molar-refractivity contribution < 1.29 is 0 Å². The van der Waals surface area contributed by atoms with E-state index in [2.05, 4.69) is 53.0 Å². The molecule has 1 unspecified atom stereocenters. The molecule has 0 aromatic carbocycles. The molecule has 5 nitrogen and oxygen atoms in total. The first-order valence-corrected chi connectivity index (χ1v) is 7.57. The van der Waals surface area contributed by atoms with E-state index in [9.17, 15) is 0 Å². The van der Waals surface area contributed by atoms with E-state index in [-0.39, 0.29) is 0 Å². The van der Waals surface area contributed by atoms with Gasteiger partial charge in [0.05, 0.1) is 0 Å². The maximum atomic E-state index is 4.47. The van der Waals surface area contributed by atoms with Crippen molar-refractivity contribution in [1.82, 2.24) is 14.9 Å². The summed E-state index contributed by atoms with van der Waals surface area (Å²) in [6.45, 7) is 8.68. The zero-order valence-corrected chi connectivity index (χ0v) is 13.2. The third-order valence-corrected chi connectivity index (χ3v) is 3.98. The van der Waals surface area contributed by atoms with Crippen molar-refractivity contribution in [3.63, 3.8) is 0 Å². The van der Waals surface area contributed by atoms with Crippen molar-refractivity contribution in [2.45, 2.75) is 26.7 Å². The zero-order valence-electron chi connectivity index (χ0n) is 13.2. The predicted octanol–water partition coefficient (Wildman–Crippen LogP) is 1.99. The van der Waals surface area contributed by atoms with Crippen LogP contribution in [0.25, 0.3) is 0 Å². The molecule has 0 amide bonds. The highest BCUT2D eigenvalue weighted by Gasteiger charge is 2.22. The number of hydrogen-bond acceptors (Lipinski definition) is 5. The number of nitrogens with one attached hydrogen (secondary N) is 1. The maximum Gasteiger partial charge on any atom is 0.136 e. The molecule has 0 radical (unpaired) electrons. The first-order chi connectivity index (χ1) is 9.61. The van der Waals surface area contributed by atoms with Crippen LogP contribution in [0, 0.1) is 12.8 Å². The fraction of sp³-hybridized carbons (Fsp3) is 0.733. The lowest BCUT2D eigenvalue weighted by Gasteiger charge is -2.24. The lowest BCUT2D eigenvalue weighted by Crippen LogP contribution is -2.28. The summed E-state index contributed by atoms with van der Waals surface area (Å²) in [4.78, 5) is 13.5. The average molecular weight is 277 g/mol. The largest absolute Gasteiger partial charge is 0.370 e. The summed E-state index contributed by atoms with van der Waals surface area (Å²) >= 11 is 0. The van der Waals surface area contributed by atoms with Crippen molar-refractivity contribution in [2.75, 3.05) is 50.5 Å². The number of rotatable bonds is 6. The summed E-state index contributed by atoms with van der Waals surface area (Å²) in [5, 5.41) is 3.37. The van der Waals surface area contributed by atoms with Gasteiger partial charge in [0.25, 0.3) is 0 Å². The van der Waals surface area contributed by atoms with Crippen molar-refractivity contribution >= 4 is 11.6 Å². The molecular formula is C15H27N5. The van der Waals surface area contributed by atoms with Crippen LogP contribution in [-0.2, 0) is 0 Å². The summed E-state index contributed by atoms with van der Waals surface area (Å²) in [5.41, 5.74) is 1.15. The van der Waals surface area contributed by atoms with Gasteiger partial charge in [-0.1, -0.05) is 6.92 Å². The van der Waals surface area contributed by atoms with Gasteiger partial charge in [-0.3, -0.25) is 0 Å². The Kier molecular flexibility index (Phi) is 5.17. The minimum Gasteiger partial charge on any atom is -0.370 e. The normalized spacial score (nSPS) is 19.3.